The van der Waals surface area contributed by atoms with E-state index in [4.69, 9.17) is 9.47 Å². The van der Waals surface area contributed by atoms with Gasteiger partial charge in [-0.05, 0) is 43.3 Å². The third-order valence-electron chi connectivity index (χ3n) is 3.83. The maximum absolute atomic E-state index is 12.2. The van der Waals surface area contributed by atoms with E-state index in [1.54, 1.807) is 7.11 Å². The van der Waals surface area contributed by atoms with Crippen molar-refractivity contribution in [3.8, 4) is 11.5 Å². The average Bonchev–Trinajstić information content (AvgIpc) is 2.97. The molecule has 3 rings (SSSR count). The number of imidazole rings is 1. The van der Waals surface area contributed by atoms with Crippen LogP contribution in [0.25, 0.3) is 11.0 Å². The first-order chi connectivity index (χ1) is 12.6. The summed E-state index contributed by atoms with van der Waals surface area (Å²) in [4.78, 5) is 16.8. The number of amides is 1. The van der Waals surface area contributed by atoms with Gasteiger partial charge in [0.2, 0.25) is 5.91 Å². The summed E-state index contributed by atoms with van der Waals surface area (Å²) in [6, 6.07) is 13.1. The van der Waals surface area contributed by atoms with Crippen LogP contribution in [0.15, 0.2) is 47.6 Å². The molecule has 0 spiro atoms. The fourth-order valence-corrected chi connectivity index (χ4v) is 3.33. The van der Waals surface area contributed by atoms with Gasteiger partial charge < -0.3 is 19.4 Å². The number of methoxy groups -OCH3 is 1. The van der Waals surface area contributed by atoms with E-state index in [0.717, 1.165) is 33.4 Å². The predicted molar refractivity (Wildman–Crippen MR) is 104 cm³/mol. The third kappa shape index (κ3) is 4.11. The number of hydrogen-bond donors (Lipinski definition) is 1. The number of fused-ring (bicyclic) bond motifs is 1. The van der Waals surface area contributed by atoms with Crippen molar-refractivity contribution in [2.45, 2.75) is 12.1 Å². The molecule has 136 valence electrons. The van der Waals surface area contributed by atoms with Crippen LogP contribution in [0, 0.1) is 0 Å². The van der Waals surface area contributed by atoms with Gasteiger partial charge in [-0.25, -0.2) is 4.98 Å². The minimum absolute atomic E-state index is 0.0798. The van der Waals surface area contributed by atoms with Crippen LogP contribution >= 0.6 is 11.8 Å². The van der Waals surface area contributed by atoms with Crippen LogP contribution in [0.5, 0.6) is 11.5 Å². The van der Waals surface area contributed by atoms with Gasteiger partial charge in [0, 0.05) is 18.8 Å². The van der Waals surface area contributed by atoms with Gasteiger partial charge in [0.1, 0.15) is 11.5 Å². The van der Waals surface area contributed by atoms with Crippen molar-refractivity contribution in [3.63, 3.8) is 0 Å². The topological polar surface area (TPSA) is 65.4 Å². The molecule has 1 aromatic heterocycles. The Bertz CT molecular complexity index is 906. The zero-order chi connectivity index (χ0) is 18.5. The first kappa shape index (κ1) is 18.1. The summed E-state index contributed by atoms with van der Waals surface area (Å²) in [5.41, 5.74) is 2.59. The van der Waals surface area contributed by atoms with Crippen molar-refractivity contribution in [1.29, 1.82) is 0 Å². The second-order valence-electron chi connectivity index (χ2n) is 5.60. The van der Waals surface area contributed by atoms with Gasteiger partial charge >= 0.3 is 0 Å². The number of thioether (sulfide) groups is 1. The quantitative estimate of drug-likeness (QED) is 0.642. The molecule has 0 saturated carbocycles. The van der Waals surface area contributed by atoms with E-state index >= 15 is 0 Å². The molecule has 0 aliphatic rings. The molecule has 6 nitrogen and oxygen atoms in total. The van der Waals surface area contributed by atoms with Gasteiger partial charge in [0.15, 0.2) is 5.16 Å². The second-order valence-corrected chi connectivity index (χ2v) is 6.54. The molecular weight excluding hydrogens is 350 g/mol. The largest absolute Gasteiger partial charge is 0.497 e. The summed E-state index contributed by atoms with van der Waals surface area (Å²) in [5, 5.41) is 3.67. The lowest BCUT2D eigenvalue weighted by Gasteiger charge is -2.07. The highest BCUT2D eigenvalue weighted by Gasteiger charge is 2.11. The zero-order valence-corrected chi connectivity index (χ0v) is 15.8. The van der Waals surface area contributed by atoms with Crippen molar-refractivity contribution >= 4 is 34.4 Å². The van der Waals surface area contributed by atoms with Crippen LogP contribution < -0.4 is 14.8 Å². The summed E-state index contributed by atoms with van der Waals surface area (Å²) in [7, 11) is 3.57. The van der Waals surface area contributed by atoms with Crippen molar-refractivity contribution in [2.24, 2.45) is 7.05 Å². The number of benzene rings is 2. The predicted octanol–water partition coefficient (Wildman–Crippen LogP) is 3.71. The molecule has 26 heavy (non-hydrogen) atoms. The van der Waals surface area contributed by atoms with Gasteiger partial charge in [0.25, 0.3) is 0 Å². The minimum atomic E-state index is -0.0798. The number of anilines is 1. The Morgan fingerprint density at radius 3 is 2.62 bits per heavy atom. The van der Waals surface area contributed by atoms with Crippen LogP contribution in [0.1, 0.15) is 6.92 Å². The molecule has 1 heterocycles. The molecule has 3 aromatic rings. The van der Waals surface area contributed by atoms with Crippen LogP contribution in [0.2, 0.25) is 0 Å². The Hall–Kier alpha value is -2.67. The molecule has 0 unspecified atom stereocenters. The number of ether oxygens (including phenoxy) is 2. The molecule has 0 saturated heterocycles. The molecule has 0 fully saturated rings. The standard InChI is InChI=1S/C19H21N3O3S/c1-4-25-14-7-5-13(6-8-14)20-18(23)12-26-19-21-16-11-15(24-3)9-10-17(16)22(19)2/h5-11H,4,12H2,1-3H3,(H,20,23). The Morgan fingerprint density at radius 2 is 1.92 bits per heavy atom. The smallest absolute Gasteiger partial charge is 0.234 e. The lowest BCUT2D eigenvalue weighted by Crippen LogP contribution is -2.14. The summed E-state index contributed by atoms with van der Waals surface area (Å²) >= 11 is 1.40. The van der Waals surface area contributed by atoms with Gasteiger partial charge in [-0.15, -0.1) is 0 Å². The molecular formula is C19H21N3O3S. The van der Waals surface area contributed by atoms with E-state index in [2.05, 4.69) is 10.3 Å². The number of aromatic nitrogens is 2. The van der Waals surface area contributed by atoms with Crippen molar-refractivity contribution in [1.82, 2.24) is 9.55 Å². The Labute approximate surface area is 156 Å². The maximum atomic E-state index is 12.2. The summed E-state index contributed by atoms with van der Waals surface area (Å²) in [6.07, 6.45) is 0. The first-order valence-electron chi connectivity index (χ1n) is 8.26. The third-order valence-corrected chi connectivity index (χ3v) is 4.86. The normalized spacial score (nSPS) is 10.7. The Balaban J connectivity index is 1.62. The number of aryl methyl sites for hydroxylation is 1. The van der Waals surface area contributed by atoms with Gasteiger partial charge in [-0.1, -0.05) is 11.8 Å². The first-order valence-corrected chi connectivity index (χ1v) is 9.25. The van der Waals surface area contributed by atoms with E-state index in [1.165, 1.54) is 11.8 Å². The number of hydrogen-bond acceptors (Lipinski definition) is 5. The minimum Gasteiger partial charge on any atom is -0.497 e. The summed E-state index contributed by atoms with van der Waals surface area (Å²) < 4.78 is 12.6. The van der Waals surface area contributed by atoms with Crippen LogP contribution in [0.3, 0.4) is 0 Å². The van der Waals surface area contributed by atoms with E-state index in [9.17, 15) is 4.79 Å². The SMILES string of the molecule is CCOc1ccc(NC(=O)CSc2nc3cc(OC)ccc3n2C)cc1. The lowest BCUT2D eigenvalue weighted by atomic mass is 10.3. The van der Waals surface area contributed by atoms with Crippen LogP contribution in [-0.4, -0.2) is 34.9 Å². The Kier molecular flexibility index (Phi) is 5.68. The van der Waals surface area contributed by atoms with Gasteiger partial charge in [-0.2, -0.15) is 0 Å². The van der Waals surface area contributed by atoms with Crippen LogP contribution in [0.4, 0.5) is 5.69 Å². The summed E-state index contributed by atoms with van der Waals surface area (Å²) in [6.45, 7) is 2.55. The molecule has 0 bridgehead atoms. The summed E-state index contributed by atoms with van der Waals surface area (Å²) in [5.74, 6) is 1.75. The molecule has 0 aliphatic carbocycles. The second kappa shape index (κ2) is 8.14. The fraction of sp³-hybridized carbons (Fsp3) is 0.263. The molecule has 0 atom stereocenters. The molecule has 0 radical (unpaired) electrons. The van der Waals surface area contributed by atoms with Gasteiger partial charge in [0.05, 0.1) is 30.5 Å². The number of carbonyl (C=O) groups excluding carboxylic acids is 1. The highest BCUT2D eigenvalue weighted by molar-refractivity contribution is 7.99. The molecule has 0 aliphatic heterocycles. The van der Waals surface area contributed by atoms with Crippen molar-refractivity contribution in [2.75, 3.05) is 24.8 Å². The molecule has 1 amide bonds. The fourth-order valence-electron chi connectivity index (χ4n) is 2.54. The van der Waals surface area contributed by atoms with E-state index in [-0.39, 0.29) is 11.7 Å². The average molecular weight is 371 g/mol. The number of nitrogens with zero attached hydrogens (tertiary/aromatic N) is 2. The van der Waals surface area contributed by atoms with Crippen molar-refractivity contribution in [3.05, 3.63) is 42.5 Å². The number of rotatable bonds is 7. The molecule has 1 N–H and O–H groups in total. The van der Waals surface area contributed by atoms with Crippen molar-refractivity contribution < 1.29 is 14.3 Å². The lowest BCUT2D eigenvalue weighted by molar-refractivity contribution is -0.113. The Morgan fingerprint density at radius 1 is 1.19 bits per heavy atom. The monoisotopic (exact) mass is 371 g/mol. The van der Waals surface area contributed by atoms with Gasteiger partial charge in [-0.3, -0.25) is 4.79 Å². The van der Waals surface area contributed by atoms with E-state index < -0.39 is 0 Å². The van der Waals surface area contributed by atoms with E-state index in [0.29, 0.717) is 6.61 Å². The molecule has 7 heteroatoms. The highest BCUT2D eigenvalue weighted by Crippen LogP contribution is 2.26. The number of carbonyl (C=O) groups is 1. The van der Waals surface area contributed by atoms with Crippen LogP contribution in [-0.2, 0) is 11.8 Å². The molecule has 2 aromatic carbocycles. The highest BCUT2D eigenvalue weighted by atomic mass is 32.2. The number of nitrogens with one attached hydrogen (secondary N) is 1. The van der Waals surface area contributed by atoms with E-state index in [1.807, 2.05) is 61.0 Å². The zero-order valence-electron chi connectivity index (χ0n) is 15.0. The maximum Gasteiger partial charge on any atom is 0.234 e.